The second-order valence-corrected chi connectivity index (χ2v) is 4.84. The third-order valence-electron chi connectivity index (χ3n) is 3.81. The Balaban J connectivity index is 2.41. The molecule has 6 heteroatoms. The predicted octanol–water partition coefficient (Wildman–Crippen LogP) is 3.09. The van der Waals surface area contributed by atoms with Gasteiger partial charge in [0.1, 0.15) is 6.10 Å². The predicted molar refractivity (Wildman–Crippen MR) is 62.4 cm³/mol. The summed E-state index contributed by atoms with van der Waals surface area (Å²) in [6, 6.07) is 0.886. The Bertz CT molecular complexity index is 442. The summed E-state index contributed by atoms with van der Waals surface area (Å²) in [7, 11) is 1.43. The average molecular weight is 275 g/mol. The number of hydrogen-bond donors (Lipinski definition) is 1. The molecule has 19 heavy (non-hydrogen) atoms. The van der Waals surface area contributed by atoms with Gasteiger partial charge in [-0.25, -0.2) is 0 Å². The molecule has 0 aliphatic heterocycles. The maximum atomic E-state index is 12.9. The van der Waals surface area contributed by atoms with Crippen molar-refractivity contribution in [1.82, 2.24) is 4.98 Å². The van der Waals surface area contributed by atoms with Crippen LogP contribution in [0.25, 0.3) is 0 Å². The maximum Gasteiger partial charge on any atom is 0.416 e. The number of nitrogens with zero attached hydrogens (tertiary/aromatic N) is 1. The third-order valence-corrected chi connectivity index (χ3v) is 3.81. The summed E-state index contributed by atoms with van der Waals surface area (Å²) >= 11 is 0. The van der Waals surface area contributed by atoms with Gasteiger partial charge < -0.3 is 9.84 Å². The van der Waals surface area contributed by atoms with Crippen molar-refractivity contribution in [2.45, 2.75) is 43.6 Å². The number of aromatic nitrogens is 1. The van der Waals surface area contributed by atoms with Crippen LogP contribution >= 0.6 is 0 Å². The largest absolute Gasteiger partial charge is 0.416 e. The maximum absolute atomic E-state index is 12.9. The number of rotatable bonds is 3. The Morgan fingerprint density at radius 2 is 2.00 bits per heavy atom. The van der Waals surface area contributed by atoms with Crippen LogP contribution in [0.1, 0.15) is 42.9 Å². The summed E-state index contributed by atoms with van der Waals surface area (Å²) in [5.41, 5.74) is -1.99. The quantitative estimate of drug-likeness (QED) is 0.921. The van der Waals surface area contributed by atoms with Gasteiger partial charge in [0.25, 0.3) is 0 Å². The zero-order valence-corrected chi connectivity index (χ0v) is 10.6. The minimum Gasteiger partial charge on any atom is -0.385 e. The lowest BCUT2D eigenvalue weighted by molar-refractivity contribution is -0.143. The molecule has 1 atom stereocenters. The van der Waals surface area contributed by atoms with E-state index in [1.165, 1.54) is 7.11 Å². The Hall–Kier alpha value is -1.14. The first-order valence-corrected chi connectivity index (χ1v) is 6.15. The van der Waals surface area contributed by atoms with Gasteiger partial charge in [0.2, 0.25) is 0 Å². The number of halogens is 3. The summed E-state index contributed by atoms with van der Waals surface area (Å²) < 4.78 is 44.2. The Labute approximate surface area is 109 Å². The highest BCUT2D eigenvalue weighted by Gasteiger charge is 2.45. The molecule has 0 aromatic carbocycles. The first-order chi connectivity index (χ1) is 8.91. The molecule has 1 saturated carbocycles. The number of pyridine rings is 1. The van der Waals surface area contributed by atoms with E-state index in [0.717, 1.165) is 31.3 Å². The van der Waals surface area contributed by atoms with E-state index >= 15 is 0 Å². The lowest BCUT2D eigenvalue weighted by Gasteiger charge is -2.34. The van der Waals surface area contributed by atoms with Crippen molar-refractivity contribution in [3.63, 3.8) is 0 Å². The molecule has 106 valence electrons. The van der Waals surface area contributed by atoms with Crippen LogP contribution in [0.3, 0.4) is 0 Å². The molecular weight excluding hydrogens is 259 g/mol. The molecule has 1 N–H and O–H groups in total. The SMILES string of the molecule is COC1(C(O)c2cnccc2C(F)(F)F)CCCC1. The van der Waals surface area contributed by atoms with E-state index in [1.54, 1.807) is 0 Å². The first-order valence-electron chi connectivity index (χ1n) is 6.15. The Morgan fingerprint density at radius 1 is 1.37 bits per heavy atom. The average Bonchev–Trinajstić information content (AvgIpc) is 2.87. The monoisotopic (exact) mass is 275 g/mol. The molecule has 1 unspecified atom stereocenters. The molecule has 1 aliphatic carbocycles. The standard InChI is InChI=1S/C13H16F3NO2/c1-19-12(5-2-3-6-12)11(18)9-8-17-7-4-10(9)13(14,15)16/h4,7-8,11,18H,2-3,5-6H2,1H3. The summed E-state index contributed by atoms with van der Waals surface area (Å²) in [6.45, 7) is 0. The number of alkyl halides is 3. The van der Waals surface area contributed by atoms with Crippen molar-refractivity contribution < 1.29 is 23.0 Å². The van der Waals surface area contributed by atoms with Crippen molar-refractivity contribution in [2.75, 3.05) is 7.11 Å². The number of aliphatic hydroxyl groups excluding tert-OH is 1. The zero-order valence-electron chi connectivity index (χ0n) is 10.6. The van der Waals surface area contributed by atoms with Gasteiger partial charge in [-0.1, -0.05) is 12.8 Å². The summed E-state index contributed by atoms with van der Waals surface area (Å²) in [4.78, 5) is 3.70. The van der Waals surface area contributed by atoms with E-state index in [0.29, 0.717) is 12.8 Å². The van der Waals surface area contributed by atoms with Crippen molar-refractivity contribution in [3.8, 4) is 0 Å². The summed E-state index contributed by atoms with van der Waals surface area (Å²) in [6.07, 6.45) is -0.885. The molecular formula is C13H16F3NO2. The summed E-state index contributed by atoms with van der Waals surface area (Å²) in [5, 5.41) is 10.3. The van der Waals surface area contributed by atoms with Crippen LogP contribution in [0.4, 0.5) is 13.2 Å². The molecule has 1 heterocycles. The highest BCUT2D eigenvalue weighted by molar-refractivity contribution is 5.30. The van der Waals surface area contributed by atoms with Crippen LogP contribution in [0.2, 0.25) is 0 Å². The van der Waals surface area contributed by atoms with Crippen LogP contribution in [-0.2, 0) is 10.9 Å². The van der Waals surface area contributed by atoms with Gasteiger partial charge in [0.05, 0.1) is 11.2 Å². The van der Waals surface area contributed by atoms with E-state index < -0.39 is 23.4 Å². The Kier molecular flexibility index (Phi) is 3.82. The van der Waals surface area contributed by atoms with E-state index in [1.807, 2.05) is 0 Å². The molecule has 2 rings (SSSR count). The molecule has 1 aliphatic rings. The molecule has 1 aromatic heterocycles. The van der Waals surface area contributed by atoms with Crippen LogP contribution < -0.4 is 0 Å². The van der Waals surface area contributed by atoms with Gasteiger partial charge in [0, 0.05) is 25.1 Å². The number of aliphatic hydroxyl groups is 1. The van der Waals surface area contributed by atoms with Gasteiger partial charge >= 0.3 is 6.18 Å². The second-order valence-electron chi connectivity index (χ2n) is 4.84. The van der Waals surface area contributed by atoms with Crippen molar-refractivity contribution in [3.05, 3.63) is 29.6 Å². The fraction of sp³-hybridized carbons (Fsp3) is 0.615. The summed E-state index contributed by atoms with van der Waals surface area (Å²) in [5.74, 6) is 0. The molecule has 0 radical (unpaired) electrons. The van der Waals surface area contributed by atoms with Crippen molar-refractivity contribution in [1.29, 1.82) is 0 Å². The fourth-order valence-electron chi connectivity index (χ4n) is 2.73. The lowest BCUT2D eigenvalue weighted by Crippen LogP contribution is -2.36. The smallest absolute Gasteiger partial charge is 0.385 e. The third kappa shape index (κ3) is 2.60. The molecule has 1 fully saturated rings. The number of ether oxygens (including phenoxy) is 1. The van der Waals surface area contributed by atoms with E-state index in [4.69, 9.17) is 4.74 Å². The van der Waals surface area contributed by atoms with Crippen LogP contribution in [0.5, 0.6) is 0 Å². The van der Waals surface area contributed by atoms with Gasteiger partial charge in [-0.3, -0.25) is 4.98 Å². The van der Waals surface area contributed by atoms with Crippen molar-refractivity contribution >= 4 is 0 Å². The number of methoxy groups -OCH3 is 1. The lowest BCUT2D eigenvalue weighted by atomic mass is 9.87. The highest BCUT2D eigenvalue weighted by atomic mass is 19.4. The van der Waals surface area contributed by atoms with Gasteiger partial charge in [0.15, 0.2) is 0 Å². The van der Waals surface area contributed by atoms with Gasteiger partial charge in [-0.15, -0.1) is 0 Å². The molecule has 0 spiro atoms. The Morgan fingerprint density at radius 3 is 2.53 bits per heavy atom. The van der Waals surface area contributed by atoms with Gasteiger partial charge in [-0.05, 0) is 18.9 Å². The minimum atomic E-state index is -4.51. The van der Waals surface area contributed by atoms with Crippen molar-refractivity contribution in [2.24, 2.45) is 0 Å². The van der Waals surface area contributed by atoms with Gasteiger partial charge in [-0.2, -0.15) is 13.2 Å². The molecule has 0 saturated heterocycles. The molecule has 0 bridgehead atoms. The first kappa shape index (κ1) is 14.3. The normalized spacial score (nSPS) is 20.5. The molecule has 3 nitrogen and oxygen atoms in total. The van der Waals surface area contributed by atoms with Crippen LogP contribution in [0, 0.1) is 0 Å². The second kappa shape index (κ2) is 5.09. The minimum absolute atomic E-state index is 0.209. The zero-order chi connectivity index (χ0) is 14.1. The fourth-order valence-corrected chi connectivity index (χ4v) is 2.73. The number of hydrogen-bond acceptors (Lipinski definition) is 3. The highest BCUT2D eigenvalue weighted by Crippen LogP contribution is 2.45. The van der Waals surface area contributed by atoms with E-state index in [-0.39, 0.29) is 5.56 Å². The molecule has 0 amide bonds. The van der Waals surface area contributed by atoms with Crippen LogP contribution in [-0.4, -0.2) is 22.8 Å². The van der Waals surface area contributed by atoms with E-state index in [9.17, 15) is 18.3 Å². The molecule has 1 aromatic rings. The van der Waals surface area contributed by atoms with E-state index in [2.05, 4.69) is 4.98 Å². The van der Waals surface area contributed by atoms with Crippen LogP contribution in [0.15, 0.2) is 18.5 Å². The topological polar surface area (TPSA) is 42.4 Å².